The van der Waals surface area contributed by atoms with Crippen LogP contribution in [0.3, 0.4) is 0 Å². The molecule has 1 fully saturated rings. The van der Waals surface area contributed by atoms with Crippen molar-refractivity contribution in [3.8, 4) is 0 Å². The molecule has 0 bridgehead atoms. The van der Waals surface area contributed by atoms with Crippen LogP contribution < -0.4 is 4.90 Å². The van der Waals surface area contributed by atoms with Crippen LogP contribution in [0.25, 0.3) is 0 Å². The zero-order chi connectivity index (χ0) is 10.8. The van der Waals surface area contributed by atoms with E-state index in [1.165, 1.54) is 12.8 Å². The van der Waals surface area contributed by atoms with Crippen LogP contribution in [0, 0.1) is 0 Å². The molecule has 1 aromatic heterocycles. The van der Waals surface area contributed by atoms with Gasteiger partial charge in [0.25, 0.3) is 0 Å². The molecule has 1 aliphatic heterocycles. The van der Waals surface area contributed by atoms with Gasteiger partial charge in [0.15, 0.2) is 0 Å². The molecule has 1 N–H and O–H groups in total. The molecule has 3 heteroatoms. The number of anilines is 1. The molecule has 2 heterocycles. The predicted octanol–water partition coefficient (Wildman–Crippen LogP) is 2.12. The summed E-state index contributed by atoms with van der Waals surface area (Å²) in [4.78, 5) is 6.69. The van der Waals surface area contributed by atoms with Gasteiger partial charge in [0, 0.05) is 24.3 Å². The quantitative estimate of drug-likeness (QED) is 0.805. The SMILES string of the molecule is CC(O)c1cccnc1N1CCCC1C. The lowest BCUT2D eigenvalue weighted by Crippen LogP contribution is -2.28. The Balaban J connectivity index is 2.34. The monoisotopic (exact) mass is 206 g/mol. The zero-order valence-corrected chi connectivity index (χ0v) is 9.35. The van der Waals surface area contributed by atoms with E-state index >= 15 is 0 Å². The lowest BCUT2D eigenvalue weighted by Gasteiger charge is -2.25. The normalized spacial score (nSPS) is 23.1. The number of aromatic nitrogens is 1. The summed E-state index contributed by atoms with van der Waals surface area (Å²) in [5.41, 5.74) is 0.936. The van der Waals surface area contributed by atoms with Crippen molar-refractivity contribution in [2.24, 2.45) is 0 Å². The van der Waals surface area contributed by atoms with Gasteiger partial charge in [-0.05, 0) is 32.8 Å². The summed E-state index contributed by atoms with van der Waals surface area (Å²) >= 11 is 0. The van der Waals surface area contributed by atoms with Crippen LogP contribution in [0.15, 0.2) is 18.3 Å². The molecule has 3 nitrogen and oxygen atoms in total. The van der Waals surface area contributed by atoms with Crippen molar-refractivity contribution in [3.05, 3.63) is 23.9 Å². The van der Waals surface area contributed by atoms with Crippen LogP contribution in [0.1, 0.15) is 38.4 Å². The van der Waals surface area contributed by atoms with Crippen LogP contribution in [0.4, 0.5) is 5.82 Å². The number of hydrogen-bond acceptors (Lipinski definition) is 3. The summed E-state index contributed by atoms with van der Waals surface area (Å²) < 4.78 is 0. The maximum atomic E-state index is 9.68. The Labute approximate surface area is 90.8 Å². The first-order chi connectivity index (χ1) is 7.20. The molecular weight excluding hydrogens is 188 g/mol. The molecular formula is C12H18N2O. The smallest absolute Gasteiger partial charge is 0.134 e. The Hall–Kier alpha value is -1.09. The first-order valence-electron chi connectivity index (χ1n) is 5.60. The topological polar surface area (TPSA) is 36.4 Å². The van der Waals surface area contributed by atoms with E-state index in [0.717, 1.165) is 17.9 Å². The third-order valence-corrected chi connectivity index (χ3v) is 3.09. The number of aliphatic hydroxyl groups is 1. The molecule has 1 aromatic rings. The van der Waals surface area contributed by atoms with Crippen molar-refractivity contribution in [3.63, 3.8) is 0 Å². The fourth-order valence-electron chi connectivity index (χ4n) is 2.22. The summed E-state index contributed by atoms with van der Waals surface area (Å²) in [5.74, 6) is 0.956. The van der Waals surface area contributed by atoms with Gasteiger partial charge in [0.05, 0.1) is 6.10 Å². The Bertz CT molecular complexity index is 338. The molecule has 15 heavy (non-hydrogen) atoms. The average molecular weight is 206 g/mol. The summed E-state index contributed by atoms with van der Waals surface area (Å²) in [6, 6.07) is 4.38. The van der Waals surface area contributed by atoms with E-state index in [2.05, 4.69) is 16.8 Å². The molecule has 0 radical (unpaired) electrons. The van der Waals surface area contributed by atoms with Crippen LogP contribution >= 0.6 is 0 Å². The first kappa shape index (κ1) is 10.4. The lowest BCUT2D eigenvalue weighted by molar-refractivity contribution is 0.199. The summed E-state index contributed by atoms with van der Waals surface area (Å²) in [6.45, 7) is 5.06. The molecule has 2 rings (SSSR count). The van der Waals surface area contributed by atoms with Crippen molar-refractivity contribution >= 4 is 5.82 Å². The highest BCUT2D eigenvalue weighted by atomic mass is 16.3. The van der Waals surface area contributed by atoms with Gasteiger partial charge in [-0.15, -0.1) is 0 Å². The molecule has 0 aliphatic carbocycles. The number of nitrogens with zero attached hydrogens (tertiary/aromatic N) is 2. The maximum absolute atomic E-state index is 9.68. The van der Waals surface area contributed by atoms with E-state index in [1.807, 2.05) is 12.1 Å². The average Bonchev–Trinajstić information content (AvgIpc) is 2.64. The van der Waals surface area contributed by atoms with Gasteiger partial charge in [-0.25, -0.2) is 4.98 Å². The third kappa shape index (κ3) is 1.97. The van der Waals surface area contributed by atoms with Gasteiger partial charge in [-0.2, -0.15) is 0 Å². The molecule has 1 saturated heterocycles. The number of rotatable bonds is 2. The van der Waals surface area contributed by atoms with Gasteiger partial charge < -0.3 is 10.0 Å². The largest absolute Gasteiger partial charge is 0.389 e. The summed E-state index contributed by atoms with van der Waals surface area (Å²) in [7, 11) is 0. The fraction of sp³-hybridized carbons (Fsp3) is 0.583. The van der Waals surface area contributed by atoms with Crippen LogP contribution in [-0.2, 0) is 0 Å². The Morgan fingerprint density at radius 2 is 2.40 bits per heavy atom. The van der Waals surface area contributed by atoms with Gasteiger partial charge in [-0.1, -0.05) is 6.07 Å². The molecule has 1 aliphatic rings. The van der Waals surface area contributed by atoms with Crippen LogP contribution in [0.2, 0.25) is 0 Å². The first-order valence-corrected chi connectivity index (χ1v) is 5.60. The Kier molecular flexibility index (Phi) is 2.91. The molecule has 0 saturated carbocycles. The fourth-order valence-corrected chi connectivity index (χ4v) is 2.22. The molecule has 0 aromatic carbocycles. The van der Waals surface area contributed by atoms with E-state index in [1.54, 1.807) is 13.1 Å². The van der Waals surface area contributed by atoms with Gasteiger partial charge in [-0.3, -0.25) is 0 Å². The minimum atomic E-state index is -0.443. The van der Waals surface area contributed by atoms with Crippen molar-refractivity contribution in [1.82, 2.24) is 4.98 Å². The standard InChI is InChI=1S/C12H18N2O/c1-9-5-4-8-14(9)12-11(10(2)15)6-3-7-13-12/h3,6-7,9-10,15H,4-5,8H2,1-2H3. The van der Waals surface area contributed by atoms with E-state index in [-0.39, 0.29) is 0 Å². The van der Waals surface area contributed by atoms with E-state index < -0.39 is 6.10 Å². The highest BCUT2D eigenvalue weighted by Crippen LogP contribution is 2.29. The van der Waals surface area contributed by atoms with Crippen LogP contribution in [0.5, 0.6) is 0 Å². The van der Waals surface area contributed by atoms with E-state index in [0.29, 0.717) is 6.04 Å². The second-order valence-corrected chi connectivity index (χ2v) is 4.28. The van der Waals surface area contributed by atoms with Crippen molar-refractivity contribution in [2.75, 3.05) is 11.4 Å². The minimum Gasteiger partial charge on any atom is -0.389 e. The minimum absolute atomic E-state index is 0.443. The van der Waals surface area contributed by atoms with Gasteiger partial charge in [0.1, 0.15) is 5.82 Å². The van der Waals surface area contributed by atoms with Crippen LogP contribution in [-0.4, -0.2) is 22.7 Å². The molecule has 2 atom stereocenters. The number of pyridine rings is 1. The second-order valence-electron chi connectivity index (χ2n) is 4.28. The van der Waals surface area contributed by atoms with E-state index in [9.17, 15) is 5.11 Å². The van der Waals surface area contributed by atoms with Crippen molar-refractivity contribution in [2.45, 2.75) is 38.8 Å². The molecule has 0 spiro atoms. The van der Waals surface area contributed by atoms with Crippen molar-refractivity contribution in [1.29, 1.82) is 0 Å². The van der Waals surface area contributed by atoms with E-state index in [4.69, 9.17) is 0 Å². The predicted molar refractivity (Wildman–Crippen MR) is 60.9 cm³/mol. The third-order valence-electron chi connectivity index (χ3n) is 3.09. The van der Waals surface area contributed by atoms with Gasteiger partial charge in [0.2, 0.25) is 0 Å². The number of aliphatic hydroxyl groups excluding tert-OH is 1. The number of hydrogen-bond donors (Lipinski definition) is 1. The molecule has 82 valence electrons. The highest BCUT2D eigenvalue weighted by Gasteiger charge is 2.24. The Morgan fingerprint density at radius 1 is 1.60 bits per heavy atom. The maximum Gasteiger partial charge on any atom is 0.134 e. The molecule has 2 unspecified atom stereocenters. The zero-order valence-electron chi connectivity index (χ0n) is 9.35. The highest BCUT2D eigenvalue weighted by molar-refractivity contribution is 5.49. The second kappa shape index (κ2) is 4.19. The summed E-state index contributed by atoms with van der Waals surface area (Å²) in [5, 5.41) is 9.68. The molecule has 0 amide bonds. The lowest BCUT2D eigenvalue weighted by atomic mass is 10.1. The Morgan fingerprint density at radius 3 is 3.00 bits per heavy atom. The van der Waals surface area contributed by atoms with Gasteiger partial charge >= 0.3 is 0 Å². The summed E-state index contributed by atoms with van der Waals surface area (Å²) in [6.07, 6.45) is 3.79. The van der Waals surface area contributed by atoms with Crippen molar-refractivity contribution < 1.29 is 5.11 Å².